The Hall–Kier alpha value is -2.24. The molecule has 0 N–H and O–H groups in total. The normalized spacial score (nSPS) is 20.7. The molecule has 0 unspecified atom stereocenters. The minimum Gasteiger partial charge on any atom is -0.332 e. The fraction of sp³-hybridized carbons (Fsp3) is 0.526. The molecule has 0 bridgehead atoms. The lowest BCUT2D eigenvalue weighted by Gasteiger charge is -2.35. The molecule has 1 aliphatic heterocycles. The van der Waals surface area contributed by atoms with Gasteiger partial charge in [0.2, 0.25) is 5.91 Å². The van der Waals surface area contributed by atoms with Crippen molar-refractivity contribution in [3.05, 3.63) is 47.8 Å². The van der Waals surface area contributed by atoms with Crippen LogP contribution in [0, 0.1) is 11.7 Å². The van der Waals surface area contributed by atoms with Crippen molar-refractivity contribution in [2.45, 2.75) is 51.1 Å². The summed E-state index contributed by atoms with van der Waals surface area (Å²) in [5, 5.41) is 8.44. The summed E-state index contributed by atoms with van der Waals surface area (Å²) in [6.45, 7) is 1.71. The molecule has 1 atom stereocenters. The van der Waals surface area contributed by atoms with Crippen LogP contribution in [0.15, 0.2) is 30.6 Å². The Balaban J connectivity index is 1.51. The van der Waals surface area contributed by atoms with Gasteiger partial charge in [-0.25, -0.2) is 4.39 Å². The van der Waals surface area contributed by atoms with Gasteiger partial charge in [0, 0.05) is 13.1 Å². The zero-order valence-electron chi connectivity index (χ0n) is 14.3. The minimum atomic E-state index is -0.278. The predicted octanol–water partition coefficient (Wildman–Crippen LogP) is 3.12. The van der Waals surface area contributed by atoms with Crippen LogP contribution in [0.1, 0.15) is 49.5 Å². The smallest absolute Gasteiger partial charge is 0.227 e. The second-order valence-electron chi connectivity index (χ2n) is 7.19. The summed E-state index contributed by atoms with van der Waals surface area (Å²) in [4.78, 5) is 14.8. The average Bonchev–Trinajstić information content (AvgIpc) is 3.32. The highest BCUT2D eigenvalue weighted by Gasteiger charge is 2.32. The lowest BCUT2D eigenvalue weighted by atomic mass is 10.00. The second-order valence-corrected chi connectivity index (χ2v) is 7.19. The molecule has 1 amide bonds. The molecular formula is C19H23FN4O. The molecule has 2 heterocycles. The Kier molecular flexibility index (Phi) is 4.51. The molecule has 1 aromatic carbocycles. The predicted molar refractivity (Wildman–Crippen MR) is 91.2 cm³/mol. The second kappa shape index (κ2) is 6.94. The van der Waals surface area contributed by atoms with Crippen LogP contribution in [0.4, 0.5) is 4.39 Å². The fourth-order valence-electron chi connectivity index (χ4n) is 3.62. The lowest BCUT2D eigenvalue weighted by molar-refractivity contribution is -0.134. The van der Waals surface area contributed by atoms with Gasteiger partial charge in [-0.1, -0.05) is 12.1 Å². The SMILES string of the molecule is O=C(Cc1ccc(F)cc1)N1CCCC[C@H]1c1nncn1CC1CC1. The standard InChI is InChI=1S/C19H23FN4O/c20-16-8-6-14(7-9-16)11-18(25)24-10-2-1-3-17(24)19-22-21-13-23(19)12-15-4-5-15/h6-9,13,15,17H,1-5,10-12H2/t17-/m0/s1. The van der Waals surface area contributed by atoms with Gasteiger partial charge in [-0.3, -0.25) is 4.79 Å². The highest BCUT2D eigenvalue weighted by molar-refractivity contribution is 5.79. The number of amides is 1. The largest absolute Gasteiger partial charge is 0.332 e. The monoisotopic (exact) mass is 342 g/mol. The number of hydrogen-bond donors (Lipinski definition) is 0. The van der Waals surface area contributed by atoms with Crippen molar-refractivity contribution in [1.29, 1.82) is 0 Å². The van der Waals surface area contributed by atoms with E-state index in [1.54, 1.807) is 18.5 Å². The molecule has 2 aromatic rings. The zero-order valence-corrected chi connectivity index (χ0v) is 14.3. The van der Waals surface area contributed by atoms with E-state index in [9.17, 15) is 9.18 Å². The van der Waals surface area contributed by atoms with Crippen LogP contribution < -0.4 is 0 Å². The molecule has 1 saturated heterocycles. The molecular weight excluding hydrogens is 319 g/mol. The summed E-state index contributed by atoms with van der Waals surface area (Å²) < 4.78 is 15.2. The maximum absolute atomic E-state index is 13.1. The van der Waals surface area contributed by atoms with Gasteiger partial charge >= 0.3 is 0 Å². The number of rotatable bonds is 5. The Bertz CT molecular complexity index is 738. The summed E-state index contributed by atoms with van der Waals surface area (Å²) in [5.41, 5.74) is 0.843. The quantitative estimate of drug-likeness (QED) is 0.839. The van der Waals surface area contributed by atoms with Crippen molar-refractivity contribution < 1.29 is 9.18 Å². The van der Waals surface area contributed by atoms with Crippen LogP contribution in [-0.2, 0) is 17.8 Å². The average molecular weight is 342 g/mol. The summed E-state index contributed by atoms with van der Waals surface area (Å²) in [5.74, 6) is 1.46. The van der Waals surface area contributed by atoms with Crippen molar-refractivity contribution in [2.75, 3.05) is 6.54 Å². The van der Waals surface area contributed by atoms with E-state index in [2.05, 4.69) is 14.8 Å². The summed E-state index contributed by atoms with van der Waals surface area (Å²) in [6, 6.07) is 6.18. The first-order valence-corrected chi connectivity index (χ1v) is 9.12. The molecule has 1 aliphatic carbocycles. The molecule has 4 rings (SSSR count). The molecule has 2 fully saturated rings. The van der Waals surface area contributed by atoms with Crippen molar-refractivity contribution in [3.8, 4) is 0 Å². The maximum Gasteiger partial charge on any atom is 0.227 e. The summed E-state index contributed by atoms with van der Waals surface area (Å²) in [7, 11) is 0. The molecule has 6 heteroatoms. The molecule has 2 aliphatic rings. The van der Waals surface area contributed by atoms with E-state index in [0.29, 0.717) is 6.42 Å². The van der Waals surface area contributed by atoms with E-state index in [1.165, 1.54) is 25.0 Å². The van der Waals surface area contributed by atoms with Crippen LogP contribution in [0.5, 0.6) is 0 Å². The van der Waals surface area contributed by atoms with Gasteiger partial charge < -0.3 is 9.47 Å². The summed E-state index contributed by atoms with van der Waals surface area (Å²) >= 11 is 0. The van der Waals surface area contributed by atoms with Gasteiger partial charge in [0.25, 0.3) is 0 Å². The third-order valence-electron chi connectivity index (χ3n) is 5.19. The summed E-state index contributed by atoms with van der Waals surface area (Å²) in [6.07, 6.45) is 7.69. The number of likely N-dealkylation sites (tertiary alicyclic amines) is 1. The van der Waals surface area contributed by atoms with Crippen LogP contribution >= 0.6 is 0 Å². The Morgan fingerprint density at radius 1 is 1.16 bits per heavy atom. The van der Waals surface area contributed by atoms with Gasteiger partial charge in [-0.2, -0.15) is 0 Å². The van der Waals surface area contributed by atoms with Gasteiger partial charge in [0.15, 0.2) is 5.82 Å². The van der Waals surface area contributed by atoms with E-state index < -0.39 is 0 Å². The number of piperidine rings is 1. The molecule has 0 spiro atoms. The van der Waals surface area contributed by atoms with E-state index in [0.717, 1.165) is 49.7 Å². The van der Waals surface area contributed by atoms with Crippen LogP contribution in [0.25, 0.3) is 0 Å². The maximum atomic E-state index is 13.1. The molecule has 5 nitrogen and oxygen atoms in total. The van der Waals surface area contributed by atoms with E-state index in [1.807, 2.05) is 4.90 Å². The fourth-order valence-corrected chi connectivity index (χ4v) is 3.62. The van der Waals surface area contributed by atoms with Gasteiger partial charge in [-0.15, -0.1) is 10.2 Å². The Morgan fingerprint density at radius 3 is 2.72 bits per heavy atom. The Morgan fingerprint density at radius 2 is 1.96 bits per heavy atom. The van der Waals surface area contributed by atoms with E-state index in [-0.39, 0.29) is 17.8 Å². The number of benzene rings is 1. The van der Waals surface area contributed by atoms with Crippen molar-refractivity contribution in [3.63, 3.8) is 0 Å². The van der Waals surface area contributed by atoms with E-state index in [4.69, 9.17) is 0 Å². The third-order valence-corrected chi connectivity index (χ3v) is 5.19. The van der Waals surface area contributed by atoms with Crippen LogP contribution in [0.3, 0.4) is 0 Å². The van der Waals surface area contributed by atoms with Crippen LogP contribution in [-0.4, -0.2) is 32.1 Å². The number of carbonyl (C=O) groups excluding carboxylic acids is 1. The molecule has 1 saturated carbocycles. The van der Waals surface area contributed by atoms with E-state index >= 15 is 0 Å². The molecule has 132 valence electrons. The zero-order chi connectivity index (χ0) is 17.2. The number of hydrogen-bond acceptors (Lipinski definition) is 3. The third kappa shape index (κ3) is 3.72. The van der Waals surface area contributed by atoms with Crippen molar-refractivity contribution >= 4 is 5.91 Å². The van der Waals surface area contributed by atoms with Crippen molar-refractivity contribution in [2.24, 2.45) is 5.92 Å². The first-order chi connectivity index (χ1) is 12.2. The number of halogens is 1. The first kappa shape index (κ1) is 16.2. The lowest BCUT2D eigenvalue weighted by Crippen LogP contribution is -2.40. The highest BCUT2D eigenvalue weighted by Crippen LogP contribution is 2.34. The van der Waals surface area contributed by atoms with Gasteiger partial charge in [0.05, 0.1) is 12.5 Å². The molecule has 25 heavy (non-hydrogen) atoms. The molecule has 1 aromatic heterocycles. The van der Waals surface area contributed by atoms with Crippen molar-refractivity contribution in [1.82, 2.24) is 19.7 Å². The number of aromatic nitrogens is 3. The van der Waals surface area contributed by atoms with Gasteiger partial charge in [-0.05, 0) is 55.7 Å². The topological polar surface area (TPSA) is 51.0 Å². The number of nitrogens with zero attached hydrogens (tertiary/aromatic N) is 4. The minimum absolute atomic E-state index is 0.00273. The van der Waals surface area contributed by atoms with Gasteiger partial charge in [0.1, 0.15) is 12.1 Å². The first-order valence-electron chi connectivity index (χ1n) is 9.12. The van der Waals surface area contributed by atoms with Crippen LogP contribution in [0.2, 0.25) is 0 Å². The highest BCUT2D eigenvalue weighted by atomic mass is 19.1. The number of carbonyl (C=O) groups is 1. The Labute approximate surface area is 146 Å². The molecule has 0 radical (unpaired) electrons.